The highest BCUT2D eigenvalue weighted by molar-refractivity contribution is 5.58. The highest BCUT2D eigenvalue weighted by atomic mass is 16.7. The Labute approximate surface area is 104 Å². The van der Waals surface area contributed by atoms with E-state index in [2.05, 4.69) is 4.74 Å². The van der Waals surface area contributed by atoms with Gasteiger partial charge < -0.3 is 14.9 Å². The van der Waals surface area contributed by atoms with E-state index in [9.17, 15) is 9.90 Å². The molecule has 18 heavy (non-hydrogen) atoms. The average molecular weight is 244 g/mol. The highest BCUT2D eigenvalue weighted by Gasteiger charge is 2.36. The van der Waals surface area contributed by atoms with Crippen molar-refractivity contribution in [3.05, 3.63) is 71.8 Å². The molecular weight excluding hydrogens is 232 g/mol. The number of rotatable bonds is 3. The van der Waals surface area contributed by atoms with Crippen LogP contribution in [0.2, 0.25) is 0 Å². The van der Waals surface area contributed by atoms with Gasteiger partial charge in [-0.05, 0) is 0 Å². The molecule has 0 aromatic heterocycles. The van der Waals surface area contributed by atoms with Crippen molar-refractivity contribution in [3.63, 3.8) is 0 Å². The average Bonchev–Trinajstić information content (AvgIpc) is 2.40. The van der Waals surface area contributed by atoms with Gasteiger partial charge >= 0.3 is 6.16 Å². The normalized spacial score (nSPS) is 10.9. The molecule has 92 valence electrons. The van der Waals surface area contributed by atoms with Crippen LogP contribution in [0.1, 0.15) is 11.1 Å². The second-order valence-corrected chi connectivity index (χ2v) is 3.74. The van der Waals surface area contributed by atoms with Gasteiger partial charge in [0.05, 0.1) is 0 Å². The zero-order valence-corrected chi connectivity index (χ0v) is 9.48. The van der Waals surface area contributed by atoms with E-state index in [0.29, 0.717) is 11.1 Å². The van der Waals surface area contributed by atoms with Crippen LogP contribution in [0.3, 0.4) is 0 Å². The number of carbonyl (C=O) groups is 1. The number of carboxylic acid groups (broad SMARTS) is 1. The molecule has 0 radical (unpaired) electrons. The van der Waals surface area contributed by atoms with Gasteiger partial charge in [0.1, 0.15) is 0 Å². The maximum atomic E-state index is 10.8. The molecule has 0 aliphatic rings. The molecule has 0 amide bonds. The van der Waals surface area contributed by atoms with E-state index >= 15 is 0 Å². The number of benzene rings is 2. The second-order valence-electron chi connectivity index (χ2n) is 3.74. The van der Waals surface area contributed by atoms with E-state index in [1.807, 2.05) is 0 Å². The zero-order valence-electron chi connectivity index (χ0n) is 9.48. The predicted octanol–water partition coefficient (Wildman–Crippen LogP) is 2.57. The standard InChI is InChI=1S/C14H12O4/c15-13(16)18-14(17,11-7-3-1-4-8-11)12-9-5-2-6-10-12/h1-10,17H,(H,15,16). The highest BCUT2D eigenvalue weighted by Crippen LogP contribution is 2.30. The first kappa shape index (κ1) is 12.1. The van der Waals surface area contributed by atoms with Gasteiger partial charge in [0.2, 0.25) is 0 Å². The summed E-state index contributed by atoms with van der Waals surface area (Å²) in [5.41, 5.74) is 0.720. The molecule has 4 heteroatoms. The van der Waals surface area contributed by atoms with Crippen LogP contribution in [0.5, 0.6) is 0 Å². The van der Waals surface area contributed by atoms with E-state index < -0.39 is 11.9 Å². The lowest BCUT2D eigenvalue weighted by molar-refractivity contribution is -0.148. The monoisotopic (exact) mass is 244 g/mol. The van der Waals surface area contributed by atoms with Crippen molar-refractivity contribution in [2.75, 3.05) is 0 Å². The van der Waals surface area contributed by atoms with Gasteiger partial charge in [0, 0.05) is 11.1 Å². The molecule has 0 heterocycles. The summed E-state index contributed by atoms with van der Waals surface area (Å²) in [6.07, 6.45) is -1.54. The summed E-state index contributed by atoms with van der Waals surface area (Å²) in [4.78, 5) is 10.8. The van der Waals surface area contributed by atoms with Crippen molar-refractivity contribution in [1.29, 1.82) is 0 Å². The van der Waals surface area contributed by atoms with Crippen molar-refractivity contribution in [1.82, 2.24) is 0 Å². The second kappa shape index (κ2) is 4.89. The Hall–Kier alpha value is -2.33. The molecule has 0 fully saturated rings. The molecule has 0 spiro atoms. The SMILES string of the molecule is O=C(O)OC(O)(c1ccccc1)c1ccccc1. The lowest BCUT2D eigenvalue weighted by Gasteiger charge is -2.27. The Bertz CT molecular complexity index is 483. The third-order valence-corrected chi connectivity index (χ3v) is 2.57. The van der Waals surface area contributed by atoms with Crippen LogP contribution in [0.15, 0.2) is 60.7 Å². The summed E-state index contributed by atoms with van der Waals surface area (Å²) in [5, 5.41) is 19.3. The van der Waals surface area contributed by atoms with Gasteiger partial charge in [-0.3, -0.25) is 0 Å². The van der Waals surface area contributed by atoms with Gasteiger partial charge in [0.25, 0.3) is 5.79 Å². The smallest absolute Gasteiger partial charge is 0.450 e. The van der Waals surface area contributed by atoms with Crippen LogP contribution in [0.4, 0.5) is 4.79 Å². The Morgan fingerprint density at radius 3 is 1.61 bits per heavy atom. The van der Waals surface area contributed by atoms with Crippen LogP contribution in [-0.4, -0.2) is 16.4 Å². The molecular formula is C14H12O4. The van der Waals surface area contributed by atoms with Crippen LogP contribution in [0, 0.1) is 0 Å². The lowest BCUT2D eigenvalue weighted by Crippen LogP contribution is -2.33. The third-order valence-electron chi connectivity index (χ3n) is 2.57. The Balaban J connectivity index is 2.51. The quantitative estimate of drug-likeness (QED) is 0.643. The van der Waals surface area contributed by atoms with Gasteiger partial charge in [-0.15, -0.1) is 0 Å². The van der Waals surface area contributed by atoms with Crippen LogP contribution < -0.4 is 0 Å². The first-order chi connectivity index (χ1) is 8.63. The number of aliphatic hydroxyl groups is 1. The summed E-state index contributed by atoms with van der Waals surface area (Å²) in [5.74, 6) is -1.99. The molecule has 2 N–H and O–H groups in total. The molecule has 0 aliphatic carbocycles. The first-order valence-electron chi connectivity index (χ1n) is 5.38. The minimum Gasteiger partial charge on any atom is -0.450 e. The van der Waals surface area contributed by atoms with Gasteiger partial charge in [-0.25, -0.2) is 4.79 Å². The van der Waals surface area contributed by atoms with Crippen molar-refractivity contribution >= 4 is 6.16 Å². The van der Waals surface area contributed by atoms with E-state index in [1.165, 1.54) is 0 Å². The fourth-order valence-corrected chi connectivity index (χ4v) is 1.74. The molecule has 0 unspecified atom stereocenters. The van der Waals surface area contributed by atoms with E-state index in [-0.39, 0.29) is 0 Å². The summed E-state index contributed by atoms with van der Waals surface area (Å²) in [6, 6.07) is 16.8. The minimum atomic E-state index is -1.99. The number of hydrogen-bond donors (Lipinski definition) is 2. The summed E-state index contributed by atoms with van der Waals surface area (Å²) < 4.78 is 4.68. The third kappa shape index (κ3) is 2.33. The van der Waals surface area contributed by atoms with Crippen LogP contribution >= 0.6 is 0 Å². The maximum Gasteiger partial charge on any atom is 0.508 e. The largest absolute Gasteiger partial charge is 0.508 e. The maximum absolute atomic E-state index is 10.8. The zero-order chi connectivity index (χ0) is 13.0. The van der Waals surface area contributed by atoms with E-state index in [1.54, 1.807) is 60.7 Å². The summed E-state index contributed by atoms with van der Waals surface area (Å²) >= 11 is 0. The molecule has 4 nitrogen and oxygen atoms in total. The first-order valence-corrected chi connectivity index (χ1v) is 5.38. The molecule has 2 rings (SSSR count). The topological polar surface area (TPSA) is 66.8 Å². The van der Waals surface area contributed by atoms with Crippen LogP contribution in [-0.2, 0) is 10.5 Å². The van der Waals surface area contributed by atoms with Crippen molar-refractivity contribution in [3.8, 4) is 0 Å². The van der Waals surface area contributed by atoms with Crippen LogP contribution in [0.25, 0.3) is 0 Å². The molecule has 0 aliphatic heterocycles. The number of hydrogen-bond acceptors (Lipinski definition) is 3. The van der Waals surface area contributed by atoms with E-state index in [4.69, 9.17) is 5.11 Å². The van der Waals surface area contributed by atoms with Gasteiger partial charge in [-0.1, -0.05) is 60.7 Å². The molecule has 2 aromatic rings. The summed E-state index contributed by atoms with van der Waals surface area (Å²) in [6.45, 7) is 0. The molecule has 0 saturated heterocycles. The Morgan fingerprint density at radius 2 is 1.28 bits per heavy atom. The van der Waals surface area contributed by atoms with Crippen molar-refractivity contribution in [2.24, 2.45) is 0 Å². The van der Waals surface area contributed by atoms with Gasteiger partial charge in [0.15, 0.2) is 0 Å². The molecule has 2 aromatic carbocycles. The Kier molecular flexibility index (Phi) is 3.30. The van der Waals surface area contributed by atoms with Crippen molar-refractivity contribution in [2.45, 2.75) is 5.79 Å². The minimum absolute atomic E-state index is 0.360. The molecule has 0 atom stereocenters. The predicted molar refractivity (Wildman–Crippen MR) is 65.0 cm³/mol. The van der Waals surface area contributed by atoms with Crippen molar-refractivity contribution < 1.29 is 19.7 Å². The van der Waals surface area contributed by atoms with E-state index in [0.717, 1.165) is 0 Å². The molecule has 0 bridgehead atoms. The summed E-state index contributed by atoms with van der Waals surface area (Å²) in [7, 11) is 0. The van der Waals surface area contributed by atoms with Gasteiger partial charge in [-0.2, -0.15) is 0 Å². The Morgan fingerprint density at radius 1 is 0.889 bits per heavy atom. The lowest BCUT2D eigenvalue weighted by atomic mass is 9.97. The fourth-order valence-electron chi connectivity index (χ4n) is 1.74. The fraction of sp³-hybridized carbons (Fsp3) is 0.0714. The number of ether oxygens (including phenoxy) is 1. The molecule has 0 saturated carbocycles.